The van der Waals surface area contributed by atoms with Crippen molar-refractivity contribution in [2.45, 2.75) is 115 Å². The number of nitrogens with one attached hydrogen (secondary N) is 1. The van der Waals surface area contributed by atoms with Crippen molar-refractivity contribution in [3.05, 3.63) is 0 Å². The summed E-state index contributed by atoms with van der Waals surface area (Å²) in [7, 11) is 6.88. The Morgan fingerprint density at radius 3 is 1.46 bits per heavy atom. The Hall–Kier alpha value is -0.160. The molecule has 0 unspecified atom stereocenters. The van der Waals surface area contributed by atoms with Gasteiger partial charge in [-0.3, -0.25) is 14.7 Å². The van der Waals surface area contributed by atoms with Gasteiger partial charge >= 0.3 is 0 Å². The van der Waals surface area contributed by atoms with Gasteiger partial charge in [0.2, 0.25) is 0 Å². The zero-order valence-electron chi connectivity index (χ0n) is 19.5. The van der Waals surface area contributed by atoms with Gasteiger partial charge in [-0.25, -0.2) is 0 Å². The van der Waals surface area contributed by atoms with E-state index in [1.54, 1.807) is 0 Å². The van der Waals surface area contributed by atoms with Gasteiger partial charge in [-0.15, -0.1) is 0 Å². The molecule has 4 nitrogen and oxygen atoms in total. The average Bonchev–Trinajstić information content (AvgIpc) is 2.46. The number of hydrogen-bond donors (Lipinski definition) is 1. The number of hydrogen-bond acceptors (Lipinski definition) is 4. The van der Waals surface area contributed by atoms with Gasteiger partial charge in [-0.1, -0.05) is 0 Å². The van der Waals surface area contributed by atoms with E-state index < -0.39 is 0 Å². The van der Waals surface area contributed by atoms with Crippen LogP contribution in [-0.4, -0.2) is 76.8 Å². The van der Waals surface area contributed by atoms with Crippen LogP contribution in [0.25, 0.3) is 0 Å². The van der Waals surface area contributed by atoms with E-state index in [4.69, 9.17) is 0 Å². The fraction of sp³-hybridized carbons (Fsp3) is 1.00. The van der Waals surface area contributed by atoms with Gasteiger partial charge in [0.15, 0.2) is 0 Å². The summed E-state index contributed by atoms with van der Waals surface area (Å²) in [6.07, 6.45) is 4.89. The third-order valence-corrected chi connectivity index (χ3v) is 7.85. The third-order valence-electron chi connectivity index (χ3n) is 7.85. The standard InChI is InChI=1S/C22H46N4/c1-19(2)12-17(13-20(3,4)25(19)10)23-16-24(9)18-14-21(5,6)26(11)22(7,8)15-18/h17-18,23H,12-16H2,1-11H3. The maximum atomic E-state index is 3.90. The molecule has 2 aliphatic rings. The summed E-state index contributed by atoms with van der Waals surface area (Å²) >= 11 is 0. The molecule has 0 aromatic rings. The lowest BCUT2D eigenvalue weighted by atomic mass is 9.77. The molecule has 2 saturated heterocycles. The zero-order valence-corrected chi connectivity index (χ0v) is 19.5. The van der Waals surface area contributed by atoms with Crippen LogP contribution in [-0.2, 0) is 0 Å². The molecule has 2 fully saturated rings. The van der Waals surface area contributed by atoms with E-state index in [0.29, 0.717) is 12.1 Å². The molecule has 1 N–H and O–H groups in total. The van der Waals surface area contributed by atoms with E-state index in [9.17, 15) is 0 Å². The second-order valence-corrected chi connectivity index (χ2v) is 11.7. The van der Waals surface area contributed by atoms with E-state index in [-0.39, 0.29) is 22.2 Å². The van der Waals surface area contributed by atoms with Crippen molar-refractivity contribution in [1.29, 1.82) is 0 Å². The Kier molecular flexibility index (Phi) is 5.98. The maximum Gasteiger partial charge on any atom is 0.0482 e. The molecule has 2 rings (SSSR count). The highest BCUT2D eigenvalue weighted by Gasteiger charge is 2.45. The van der Waals surface area contributed by atoms with Crippen LogP contribution < -0.4 is 5.32 Å². The van der Waals surface area contributed by atoms with Crippen LogP contribution in [0.2, 0.25) is 0 Å². The number of piperidine rings is 2. The first kappa shape index (κ1) is 22.1. The predicted octanol–water partition coefficient (Wildman–Crippen LogP) is 3.77. The van der Waals surface area contributed by atoms with Crippen LogP contribution in [0.5, 0.6) is 0 Å². The SMILES string of the molecule is CN(CNC1CC(C)(C)N(C)C(C)(C)C1)C1CC(C)(C)N(C)C(C)(C)C1. The molecule has 0 amide bonds. The monoisotopic (exact) mass is 366 g/mol. The molecule has 0 spiro atoms. The fourth-order valence-electron chi connectivity index (χ4n) is 5.55. The van der Waals surface area contributed by atoms with E-state index in [0.717, 1.165) is 6.67 Å². The van der Waals surface area contributed by atoms with Crippen LogP contribution in [0.1, 0.15) is 81.1 Å². The first-order valence-electron chi connectivity index (χ1n) is 10.5. The molecule has 2 aliphatic heterocycles. The minimum Gasteiger partial charge on any atom is -0.301 e. The van der Waals surface area contributed by atoms with Gasteiger partial charge in [-0.05, 0) is 102 Å². The highest BCUT2D eigenvalue weighted by molar-refractivity contribution is 5.02. The lowest BCUT2D eigenvalue weighted by Gasteiger charge is -2.56. The molecule has 0 aromatic carbocycles. The maximum absolute atomic E-state index is 3.90. The lowest BCUT2D eigenvalue weighted by molar-refractivity contribution is -0.0481. The summed E-state index contributed by atoms with van der Waals surface area (Å²) in [6, 6.07) is 1.22. The van der Waals surface area contributed by atoms with Crippen LogP contribution in [0.4, 0.5) is 0 Å². The van der Waals surface area contributed by atoms with Gasteiger partial charge < -0.3 is 5.32 Å². The van der Waals surface area contributed by atoms with Crippen LogP contribution in [0, 0.1) is 0 Å². The normalized spacial score (nSPS) is 30.0. The van der Waals surface area contributed by atoms with Crippen molar-refractivity contribution >= 4 is 0 Å². The van der Waals surface area contributed by atoms with Crippen LogP contribution in [0.15, 0.2) is 0 Å². The Morgan fingerprint density at radius 1 is 0.731 bits per heavy atom. The second kappa shape index (κ2) is 7.02. The molecule has 4 heteroatoms. The largest absolute Gasteiger partial charge is 0.301 e. The Labute approximate surface area is 163 Å². The first-order valence-corrected chi connectivity index (χ1v) is 10.5. The molecule has 0 radical (unpaired) electrons. The smallest absolute Gasteiger partial charge is 0.0482 e. The fourth-order valence-corrected chi connectivity index (χ4v) is 5.55. The van der Waals surface area contributed by atoms with Crippen LogP contribution in [0.3, 0.4) is 0 Å². The summed E-state index contributed by atoms with van der Waals surface area (Å²) < 4.78 is 0. The van der Waals surface area contributed by atoms with Crippen molar-refractivity contribution in [3.63, 3.8) is 0 Å². The number of likely N-dealkylation sites (tertiary alicyclic amines) is 2. The van der Waals surface area contributed by atoms with Crippen molar-refractivity contribution in [1.82, 2.24) is 20.0 Å². The third kappa shape index (κ3) is 4.45. The minimum atomic E-state index is 0.246. The van der Waals surface area contributed by atoms with E-state index in [2.05, 4.69) is 96.5 Å². The topological polar surface area (TPSA) is 21.8 Å². The number of nitrogens with zero attached hydrogens (tertiary/aromatic N) is 3. The molecular weight excluding hydrogens is 320 g/mol. The highest BCUT2D eigenvalue weighted by atomic mass is 15.3. The molecule has 0 atom stereocenters. The molecule has 0 aromatic heterocycles. The van der Waals surface area contributed by atoms with Gasteiger partial charge in [0.05, 0.1) is 0 Å². The quantitative estimate of drug-likeness (QED) is 0.765. The van der Waals surface area contributed by atoms with E-state index in [1.165, 1.54) is 25.7 Å². The van der Waals surface area contributed by atoms with E-state index in [1.807, 2.05) is 0 Å². The summed E-state index contributed by atoms with van der Waals surface area (Å²) in [6.45, 7) is 20.1. The first-order chi connectivity index (χ1) is 11.6. The summed E-state index contributed by atoms with van der Waals surface area (Å²) in [5, 5.41) is 3.90. The molecule has 2 heterocycles. The van der Waals surface area contributed by atoms with E-state index >= 15 is 0 Å². The highest BCUT2D eigenvalue weighted by Crippen LogP contribution is 2.39. The Morgan fingerprint density at radius 2 is 1.08 bits per heavy atom. The minimum absolute atomic E-state index is 0.246. The molecule has 154 valence electrons. The average molecular weight is 367 g/mol. The predicted molar refractivity (Wildman–Crippen MR) is 114 cm³/mol. The molecule has 0 aliphatic carbocycles. The van der Waals surface area contributed by atoms with Gasteiger partial charge in [0.25, 0.3) is 0 Å². The summed E-state index contributed by atoms with van der Waals surface area (Å²) in [4.78, 5) is 7.69. The summed E-state index contributed by atoms with van der Waals surface area (Å²) in [5.41, 5.74) is 0.988. The van der Waals surface area contributed by atoms with Gasteiger partial charge in [0.1, 0.15) is 0 Å². The van der Waals surface area contributed by atoms with Crippen LogP contribution >= 0.6 is 0 Å². The Bertz CT molecular complexity index is 458. The Balaban J connectivity index is 1.97. The second-order valence-electron chi connectivity index (χ2n) is 11.7. The van der Waals surface area contributed by atoms with Gasteiger partial charge in [-0.2, -0.15) is 0 Å². The number of rotatable bonds is 4. The zero-order chi connectivity index (χ0) is 20.1. The van der Waals surface area contributed by atoms with Crippen molar-refractivity contribution < 1.29 is 0 Å². The molecule has 0 saturated carbocycles. The molecular formula is C22H46N4. The summed E-state index contributed by atoms with van der Waals surface area (Å²) in [5.74, 6) is 0. The van der Waals surface area contributed by atoms with Gasteiger partial charge in [0, 0.05) is 40.9 Å². The van der Waals surface area contributed by atoms with Crippen molar-refractivity contribution in [3.8, 4) is 0 Å². The molecule has 0 bridgehead atoms. The lowest BCUT2D eigenvalue weighted by Crippen LogP contribution is -2.64. The molecule has 26 heavy (non-hydrogen) atoms. The van der Waals surface area contributed by atoms with Crippen molar-refractivity contribution in [2.24, 2.45) is 0 Å². The van der Waals surface area contributed by atoms with Crippen molar-refractivity contribution in [2.75, 3.05) is 27.8 Å².